The normalized spacial score (nSPS) is 15.6. The number of alkyl halides is 2. The van der Waals surface area contributed by atoms with E-state index in [1.807, 2.05) is 19.4 Å². The first-order valence-corrected chi connectivity index (χ1v) is 11.9. The number of aryl methyl sites for hydroxylation is 1. The minimum Gasteiger partial charge on any atom is -0.378 e. The Morgan fingerprint density at radius 2 is 1.86 bits per heavy atom. The average molecular weight is 497 g/mol. The summed E-state index contributed by atoms with van der Waals surface area (Å²) in [4.78, 5) is 19.5. The van der Waals surface area contributed by atoms with Gasteiger partial charge in [0.15, 0.2) is 0 Å². The summed E-state index contributed by atoms with van der Waals surface area (Å²) in [5, 5.41) is 8.18. The second-order valence-corrected chi connectivity index (χ2v) is 9.18. The summed E-state index contributed by atoms with van der Waals surface area (Å²) in [7, 11) is 1.88. The molecule has 1 aliphatic heterocycles. The molecular formula is C26H27F3N6O. The predicted octanol–water partition coefficient (Wildman–Crippen LogP) is 5.22. The van der Waals surface area contributed by atoms with Gasteiger partial charge in [0.2, 0.25) is 0 Å². The molecular weight excluding hydrogens is 469 g/mol. The Kier molecular flexibility index (Phi) is 6.42. The van der Waals surface area contributed by atoms with Crippen LogP contribution in [0.15, 0.2) is 59.9 Å². The highest BCUT2D eigenvalue weighted by Gasteiger charge is 2.24. The van der Waals surface area contributed by atoms with Crippen molar-refractivity contribution in [3.63, 3.8) is 0 Å². The molecule has 1 saturated heterocycles. The van der Waals surface area contributed by atoms with Crippen molar-refractivity contribution in [2.24, 2.45) is 7.05 Å². The van der Waals surface area contributed by atoms with Crippen molar-refractivity contribution in [1.82, 2.24) is 19.3 Å². The van der Waals surface area contributed by atoms with Gasteiger partial charge in [0.05, 0.1) is 29.0 Å². The molecule has 0 radical (unpaired) electrons. The quantitative estimate of drug-likeness (QED) is 0.396. The summed E-state index contributed by atoms with van der Waals surface area (Å²) in [5.74, 6) is -0.914. The van der Waals surface area contributed by atoms with Crippen LogP contribution in [0.1, 0.15) is 49.4 Å². The lowest BCUT2D eigenvalue weighted by Gasteiger charge is -2.33. The highest BCUT2D eigenvalue weighted by atomic mass is 19.3. The molecule has 0 spiro atoms. The van der Waals surface area contributed by atoms with Crippen molar-refractivity contribution in [1.29, 1.82) is 0 Å². The van der Waals surface area contributed by atoms with Crippen molar-refractivity contribution in [2.75, 3.05) is 23.3 Å². The summed E-state index contributed by atoms with van der Waals surface area (Å²) in [5.41, 5.74) is 1.63. The standard InChI is InChI=1S/C26H27F3N6O/c1-16(19-4-3-5-20(25(19)27)26(28)29)32-22-6-9-30-23-12-24(36)35(15-21(22)23)17-7-10-34(11-8-17)18-13-31-33(2)14-18/h3-6,9,12-17,26,32H,7-8,10-11H2,1-2H3/t16-/m1/s1. The number of fused-ring (bicyclic) bond motifs is 1. The number of nitrogens with zero attached hydrogens (tertiary/aromatic N) is 5. The molecule has 1 aromatic carbocycles. The molecule has 1 aliphatic rings. The van der Waals surface area contributed by atoms with Crippen LogP contribution in [0.3, 0.4) is 0 Å². The fourth-order valence-corrected chi connectivity index (χ4v) is 4.90. The Morgan fingerprint density at radius 1 is 1.11 bits per heavy atom. The Morgan fingerprint density at radius 3 is 2.56 bits per heavy atom. The third-order valence-corrected chi connectivity index (χ3v) is 6.85. The van der Waals surface area contributed by atoms with Gasteiger partial charge in [0.1, 0.15) is 5.82 Å². The maximum Gasteiger partial charge on any atom is 0.266 e. The molecule has 1 atom stereocenters. The number of rotatable bonds is 6. The van der Waals surface area contributed by atoms with Crippen LogP contribution >= 0.6 is 0 Å². The summed E-state index contributed by atoms with van der Waals surface area (Å²) in [6, 6.07) is 6.71. The van der Waals surface area contributed by atoms with Crippen molar-refractivity contribution < 1.29 is 13.2 Å². The summed E-state index contributed by atoms with van der Waals surface area (Å²) >= 11 is 0. The molecule has 1 N–H and O–H groups in total. The monoisotopic (exact) mass is 496 g/mol. The Hall–Kier alpha value is -3.82. The molecule has 0 amide bonds. The Bertz CT molecular complexity index is 1440. The maximum absolute atomic E-state index is 14.7. The van der Waals surface area contributed by atoms with Crippen LogP contribution < -0.4 is 15.8 Å². The van der Waals surface area contributed by atoms with Crippen LogP contribution in [0, 0.1) is 5.82 Å². The van der Waals surface area contributed by atoms with Crippen LogP contribution in [0.25, 0.3) is 10.9 Å². The molecule has 7 nitrogen and oxygen atoms in total. The van der Waals surface area contributed by atoms with E-state index in [0.29, 0.717) is 16.6 Å². The zero-order chi connectivity index (χ0) is 25.4. The van der Waals surface area contributed by atoms with Gasteiger partial charge >= 0.3 is 0 Å². The van der Waals surface area contributed by atoms with Crippen molar-refractivity contribution >= 4 is 22.3 Å². The molecule has 0 unspecified atom stereocenters. The second kappa shape index (κ2) is 9.67. The molecule has 0 saturated carbocycles. The molecule has 4 heterocycles. The summed E-state index contributed by atoms with van der Waals surface area (Å²) < 4.78 is 44.6. The molecule has 36 heavy (non-hydrogen) atoms. The smallest absolute Gasteiger partial charge is 0.266 e. The van der Waals surface area contributed by atoms with Crippen molar-refractivity contribution in [3.8, 4) is 0 Å². The Balaban J connectivity index is 1.41. The number of benzene rings is 1. The minimum atomic E-state index is -2.89. The molecule has 0 aliphatic carbocycles. The van der Waals surface area contributed by atoms with Gasteiger partial charge in [-0.2, -0.15) is 5.10 Å². The van der Waals surface area contributed by atoms with E-state index in [-0.39, 0.29) is 17.2 Å². The van der Waals surface area contributed by atoms with Crippen LogP contribution in [0.5, 0.6) is 0 Å². The first kappa shape index (κ1) is 23.9. The lowest BCUT2D eigenvalue weighted by Crippen LogP contribution is -2.37. The van der Waals surface area contributed by atoms with Crippen LogP contribution in [-0.2, 0) is 7.05 Å². The van der Waals surface area contributed by atoms with Gasteiger partial charge in [-0.15, -0.1) is 0 Å². The summed E-state index contributed by atoms with van der Waals surface area (Å²) in [6.45, 7) is 3.32. The van der Waals surface area contributed by atoms with Gasteiger partial charge in [-0.1, -0.05) is 18.2 Å². The second-order valence-electron chi connectivity index (χ2n) is 9.18. The van der Waals surface area contributed by atoms with Crippen LogP contribution in [0.2, 0.25) is 0 Å². The number of piperidine rings is 1. The highest BCUT2D eigenvalue weighted by Crippen LogP contribution is 2.31. The van der Waals surface area contributed by atoms with Gasteiger partial charge in [0.25, 0.3) is 12.0 Å². The number of anilines is 2. The average Bonchev–Trinajstić information content (AvgIpc) is 3.30. The van der Waals surface area contributed by atoms with E-state index in [1.54, 1.807) is 34.6 Å². The largest absolute Gasteiger partial charge is 0.378 e. The van der Waals surface area contributed by atoms with Gasteiger partial charge < -0.3 is 14.8 Å². The SMILES string of the molecule is C[C@@H](Nc1ccnc2cc(=O)n(C3CCN(c4cnn(C)c4)CC3)cc12)c1cccc(C(F)F)c1F. The highest BCUT2D eigenvalue weighted by molar-refractivity contribution is 5.90. The lowest BCUT2D eigenvalue weighted by molar-refractivity contribution is 0.146. The van der Waals surface area contributed by atoms with Crippen molar-refractivity contribution in [3.05, 3.63) is 82.4 Å². The number of nitrogens with one attached hydrogen (secondary N) is 1. The summed E-state index contributed by atoms with van der Waals surface area (Å²) in [6.07, 6.45) is 5.89. The third-order valence-electron chi connectivity index (χ3n) is 6.85. The first-order valence-electron chi connectivity index (χ1n) is 11.9. The van der Waals surface area contributed by atoms with Crippen LogP contribution in [-0.4, -0.2) is 32.4 Å². The van der Waals surface area contributed by atoms with E-state index < -0.39 is 23.8 Å². The van der Waals surface area contributed by atoms with E-state index in [2.05, 4.69) is 20.3 Å². The number of hydrogen-bond acceptors (Lipinski definition) is 5. The Labute approximate surface area is 206 Å². The zero-order valence-electron chi connectivity index (χ0n) is 20.0. The van der Waals surface area contributed by atoms with E-state index in [9.17, 15) is 18.0 Å². The number of hydrogen-bond donors (Lipinski definition) is 1. The van der Waals surface area contributed by atoms with E-state index in [4.69, 9.17) is 0 Å². The molecule has 10 heteroatoms. The molecule has 3 aromatic heterocycles. The molecule has 0 bridgehead atoms. The van der Waals surface area contributed by atoms with Gasteiger partial charge in [-0.3, -0.25) is 14.5 Å². The number of pyridine rings is 2. The molecule has 188 valence electrons. The first-order chi connectivity index (χ1) is 17.3. The molecule has 4 aromatic rings. The van der Waals surface area contributed by atoms with Gasteiger partial charge in [-0.05, 0) is 25.8 Å². The third kappa shape index (κ3) is 4.55. The van der Waals surface area contributed by atoms with Crippen LogP contribution in [0.4, 0.5) is 24.5 Å². The maximum atomic E-state index is 14.7. The molecule has 5 rings (SSSR count). The zero-order valence-corrected chi connectivity index (χ0v) is 20.0. The predicted molar refractivity (Wildman–Crippen MR) is 133 cm³/mol. The van der Waals surface area contributed by atoms with E-state index in [1.165, 1.54) is 18.2 Å². The fraction of sp³-hybridized carbons (Fsp3) is 0.346. The topological polar surface area (TPSA) is 68.0 Å². The lowest BCUT2D eigenvalue weighted by atomic mass is 10.0. The van der Waals surface area contributed by atoms with E-state index >= 15 is 0 Å². The number of halogens is 3. The van der Waals surface area contributed by atoms with E-state index in [0.717, 1.165) is 37.7 Å². The number of aromatic nitrogens is 4. The minimum absolute atomic E-state index is 0.0282. The van der Waals surface area contributed by atoms with Gasteiger partial charge in [-0.25, -0.2) is 13.2 Å². The van der Waals surface area contributed by atoms with Crippen molar-refractivity contribution in [2.45, 2.75) is 38.3 Å². The molecule has 1 fully saturated rings. The fourth-order valence-electron chi connectivity index (χ4n) is 4.90. The van der Waals surface area contributed by atoms with Gasteiger partial charge in [0, 0.05) is 67.5 Å².